The van der Waals surface area contributed by atoms with Gasteiger partial charge in [0.15, 0.2) is 5.69 Å². The van der Waals surface area contributed by atoms with Crippen molar-refractivity contribution in [2.75, 3.05) is 5.32 Å². The molecule has 0 aliphatic heterocycles. The molecule has 0 bridgehead atoms. The van der Waals surface area contributed by atoms with Crippen LogP contribution in [0.4, 0.5) is 17.1 Å². The van der Waals surface area contributed by atoms with E-state index in [1.165, 1.54) is 12.1 Å². The number of nitrogens with zero attached hydrogens (tertiary/aromatic N) is 2. The number of phenolic OH excluding ortho intramolecular Hbond substituents is 1. The number of aromatic nitrogens is 1. The predicted molar refractivity (Wildman–Crippen MR) is 87.1 cm³/mol. The molecule has 0 aliphatic carbocycles. The summed E-state index contributed by atoms with van der Waals surface area (Å²) in [6, 6.07) is 11.7. The Bertz CT molecular complexity index is 855. The topological polar surface area (TPSA) is 94.8 Å². The summed E-state index contributed by atoms with van der Waals surface area (Å²) in [5, 5.41) is 16.2. The molecule has 0 saturated heterocycles. The monoisotopic (exact) mass is 313 g/mol. The molecule has 0 amide bonds. The Hall–Kier alpha value is -2.64. The first-order chi connectivity index (χ1) is 10.7. The van der Waals surface area contributed by atoms with Crippen molar-refractivity contribution in [3.63, 3.8) is 0 Å². The number of aromatic hydroxyl groups is 1. The predicted octanol–water partition coefficient (Wildman–Crippen LogP) is 4.65. The zero-order valence-corrected chi connectivity index (χ0v) is 12.0. The summed E-state index contributed by atoms with van der Waals surface area (Å²) in [5.74, 6) is -0.167. The van der Waals surface area contributed by atoms with E-state index in [2.05, 4.69) is 15.5 Å². The first kappa shape index (κ1) is 14.3. The summed E-state index contributed by atoms with van der Waals surface area (Å²) in [6.45, 7) is 0. The fourth-order valence-electron chi connectivity index (χ4n) is 2.12. The number of hydrogen-bond acceptors (Lipinski definition) is 7. The molecule has 3 N–H and O–H groups in total. The van der Waals surface area contributed by atoms with Gasteiger partial charge in [-0.2, -0.15) is 0 Å². The van der Waals surface area contributed by atoms with E-state index >= 15 is 0 Å². The van der Waals surface area contributed by atoms with Crippen LogP contribution in [0.1, 0.15) is 0 Å². The summed E-state index contributed by atoms with van der Waals surface area (Å²) >= 11 is 0.662. The van der Waals surface area contributed by atoms with Crippen LogP contribution in [0.25, 0.3) is 10.9 Å². The molecule has 7 heteroatoms. The van der Waals surface area contributed by atoms with Gasteiger partial charge in [0.1, 0.15) is 5.75 Å². The molecule has 3 aromatic rings. The third kappa shape index (κ3) is 2.72. The number of fused-ring (bicyclic) bond motifs is 1. The SMILES string of the molecule is O=Nc1cc(Nc2ccnc3ccc(SO)cc23)ccc1O. The normalized spacial score (nSPS) is 10.6. The van der Waals surface area contributed by atoms with Crippen molar-refractivity contribution in [1.29, 1.82) is 0 Å². The van der Waals surface area contributed by atoms with Gasteiger partial charge in [-0.1, -0.05) is 0 Å². The van der Waals surface area contributed by atoms with E-state index in [0.29, 0.717) is 22.6 Å². The molecule has 110 valence electrons. The Morgan fingerprint density at radius 2 is 2.00 bits per heavy atom. The standard InChI is InChI=1S/C15H11N3O3S/c19-15-4-1-9(7-14(15)18-20)17-13-5-6-16-12-3-2-10(22-21)8-11(12)13/h1-8,19,21H,(H,16,17). The van der Waals surface area contributed by atoms with Crippen LogP contribution >= 0.6 is 12.0 Å². The highest BCUT2D eigenvalue weighted by Gasteiger charge is 2.07. The second kappa shape index (κ2) is 6.00. The second-order valence-electron chi connectivity index (χ2n) is 4.55. The summed E-state index contributed by atoms with van der Waals surface area (Å²) in [7, 11) is 0. The largest absolute Gasteiger partial charge is 0.506 e. The van der Waals surface area contributed by atoms with E-state index in [1.54, 1.807) is 24.4 Å². The number of benzene rings is 2. The van der Waals surface area contributed by atoms with Crippen molar-refractivity contribution in [2.24, 2.45) is 5.18 Å². The number of pyridine rings is 1. The number of nitrogens with one attached hydrogen (secondary N) is 1. The maximum atomic E-state index is 10.6. The first-order valence-corrected chi connectivity index (χ1v) is 7.12. The minimum absolute atomic E-state index is 0.0324. The van der Waals surface area contributed by atoms with Crippen LogP contribution in [0.15, 0.2) is 58.7 Å². The van der Waals surface area contributed by atoms with E-state index in [1.807, 2.05) is 12.1 Å². The fraction of sp³-hybridized carbons (Fsp3) is 0. The van der Waals surface area contributed by atoms with Gasteiger partial charge >= 0.3 is 0 Å². The van der Waals surface area contributed by atoms with Gasteiger partial charge in [0.25, 0.3) is 0 Å². The minimum atomic E-state index is -0.167. The molecule has 0 unspecified atom stereocenters. The Kier molecular flexibility index (Phi) is 3.90. The van der Waals surface area contributed by atoms with Crippen LogP contribution in [0.2, 0.25) is 0 Å². The average molecular weight is 313 g/mol. The molecular formula is C15H11N3O3S. The number of phenols is 1. The molecule has 0 spiro atoms. The van der Waals surface area contributed by atoms with Crippen LogP contribution in [0, 0.1) is 4.91 Å². The smallest absolute Gasteiger partial charge is 0.151 e. The van der Waals surface area contributed by atoms with Gasteiger partial charge in [0.05, 0.1) is 5.52 Å². The summed E-state index contributed by atoms with van der Waals surface area (Å²) in [6.07, 6.45) is 1.66. The van der Waals surface area contributed by atoms with Crippen LogP contribution < -0.4 is 5.32 Å². The van der Waals surface area contributed by atoms with Gasteiger partial charge in [0.2, 0.25) is 0 Å². The van der Waals surface area contributed by atoms with Gasteiger partial charge < -0.3 is 15.0 Å². The lowest BCUT2D eigenvalue weighted by Gasteiger charge is -2.10. The van der Waals surface area contributed by atoms with Crippen molar-refractivity contribution >= 4 is 40.0 Å². The van der Waals surface area contributed by atoms with Crippen molar-refractivity contribution < 1.29 is 9.66 Å². The Morgan fingerprint density at radius 1 is 1.14 bits per heavy atom. The lowest BCUT2D eigenvalue weighted by molar-refractivity contribution is 0.477. The summed E-state index contributed by atoms with van der Waals surface area (Å²) in [4.78, 5) is 15.6. The van der Waals surface area contributed by atoms with Crippen molar-refractivity contribution in [3.05, 3.63) is 53.6 Å². The van der Waals surface area contributed by atoms with Crippen LogP contribution in [-0.4, -0.2) is 14.6 Å². The molecule has 0 saturated carbocycles. The number of rotatable bonds is 4. The molecular weight excluding hydrogens is 302 g/mol. The average Bonchev–Trinajstić information content (AvgIpc) is 2.56. The molecule has 0 aliphatic rings. The van der Waals surface area contributed by atoms with Crippen LogP contribution in [0.3, 0.4) is 0 Å². The quantitative estimate of drug-likeness (QED) is 0.369. The third-order valence-electron chi connectivity index (χ3n) is 3.17. The highest BCUT2D eigenvalue weighted by Crippen LogP contribution is 2.33. The molecule has 3 rings (SSSR count). The molecule has 0 fully saturated rings. The van der Waals surface area contributed by atoms with E-state index < -0.39 is 0 Å². The number of anilines is 2. The minimum Gasteiger partial charge on any atom is -0.506 e. The third-order valence-corrected chi connectivity index (χ3v) is 3.64. The Morgan fingerprint density at radius 3 is 2.77 bits per heavy atom. The van der Waals surface area contributed by atoms with E-state index in [-0.39, 0.29) is 11.4 Å². The van der Waals surface area contributed by atoms with E-state index in [0.717, 1.165) is 16.6 Å². The first-order valence-electron chi connectivity index (χ1n) is 6.35. The zero-order chi connectivity index (χ0) is 15.5. The Labute approximate surface area is 130 Å². The second-order valence-corrected chi connectivity index (χ2v) is 5.20. The summed E-state index contributed by atoms with van der Waals surface area (Å²) in [5.41, 5.74) is 2.12. The molecule has 6 nitrogen and oxygen atoms in total. The molecule has 2 aromatic carbocycles. The number of nitroso groups, excluding NO2 is 1. The van der Waals surface area contributed by atoms with Gasteiger partial charge in [-0.15, -0.1) is 4.91 Å². The van der Waals surface area contributed by atoms with Crippen molar-refractivity contribution in [1.82, 2.24) is 4.98 Å². The molecule has 0 atom stereocenters. The maximum Gasteiger partial charge on any atom is 0.151 e. The lowest BCUT2D eigenvalue weighted by Crippen LogP contribution is -1.92. The van der Waals surface area contributed by atoms with Crippen LogP contribution in [-0.2, 0) is 0 Å². The molecule has 0 radical (unpaired) electrons. The summed E-state index contributed by atoms with van der Waals surface area (Å²) < 4.78 is 9.18. The van der Waals surface area contributed by atoms with Gasteiger partial charge in [-0.3, -0.25) is 4.98 Å². The highest BCUT2D eigenvalue weighted by molar-refractivity contribution is 7.93. The van der Waals surface area contributed by atoms with Crippen molar-refractivity contribution in [2.45, 2.75) is 4.90 Å². The van der Waals surface area contributed by atoms with Crippen LogP contribution in [0.5, 0.6) is 5.75 Å². The lowest BCUT2D eigenvalue weighted by atomic mass is 10.1. The molecule has 22 heavy (non-hydrogen) atoms. The fourth-order valence-corrected chi connectivity index (χ4v) is 2.42. The van der Waals surface area contributed by atoms with Crippen molar-refractivity contribution in [3.8, 4) is 5.75 Å². The van der Waals surface area contributed by atoms with Gasteiger partial charge in [0, 0.05) is 39.9 Å². The molecule has 1 heterocycles. The van der Waals surface area contributed by atoms with Gasteiger partial charge in [-0.25, -0.2) is 0 Å². The van der Waals surface area contributed by atoms with E-state index in [9.17, 15) is 14.6 Å². The maximum absolute atomic E-state index is 10.6. The van der Waals surface area contributed by atoms with E-state index in [4.69, 9.17) is 0 Å². The number of hydrogen-bond donors (Lipinski definition) is 3. The van der Waals surface area contributed by atoms with Gasteiger partial charge in [-0.05, 0) is 47.6 Å². The zero-order valence-electron chi connectivity index (χ0n) is 11.2. The molecule has 1 aromatic heterocycles. The Balaban J connectivity index is 2.05. The highest BCUT2D eigenvalue weighted by atomic mass is 32.2.